The summed E-state index contributed by atoms with van der Waals surface area (Å²) in [7, 11) is 0. The lowest BCUT2D eigenvalue weighted by Gasteiger charge is -2.33. The van der Waals surface area contributed by atoms with Gasteiger partial charge in [0, 0.05) is 25.2 Å². The third-order valence-electron chi connectivity index (χ3n) is 4.39. The van der Waals surface area contributed by atoms with Crippen molar-refractivity contribution in [3.63, 3.8) is 0 Å². The fourth-order valence-corrected chi connectivity index (χ4v) is 2.96. The molecule has 0 aromatic heterocycles. The fraction of sp³-hybridized carbons (Fsp3) is 0.909. The number of allylic oxidation sites excluding steroid dienone is 1. The van der Waals surface area contributed by atoms with Gasteiger partial charge in [-0.2, -0.15) is 0 Å². The lowest BCUT2D eigenvalue weighted by atomic mass is 9.84. The van der Waals surface area contributed by atoms with Gasteiger partial charge < -0.3 is 14.2 Å². The molecule has 3 heteroatoms. The number of ether oxygens (including phenoxy) is 3. The molecule has 0 unspecified atom stereocenters. The van der Waals surface area contributed by atoms with Crippen LogP contribution < -0.4 is 0 Å². The van der Waals surface area contributed by atoms with Gasteiger partial charge in [0.15, 0.2) is 0 Å². The molecule has 150 valence electrons. The molecule has 0 atom stereocenters. The first kappa shape index (κ1) is 24.6. The molecule has 0 spiro atoms. The van der Waals surface area contributed by atoms with E-state index in [1.54, 1.807) is 0 Å². The van der Waals surface area contributed by atoms with Crippen LogP contribution >= 0.6 is 0 Å². The Balaban J connectivity index is 4.45. The van der Waals surface area contributed by atoms with Gasteiger partial charge in [0.05, 0.1) is 19.8 Å². The van der Waals surface area contributed by atoms with Gasteiger partial charge in [0.2, 0.25) is 0 Å². The summed E-state index contributed by atoms with van der Waals surface area (Å²) in [5, 5.41) is 0. The number of hydrogen-bond donors (Lipinski definition) is 0. The molecule has 0 rings (SSSR count). The van der Waals surface area contributed by atoms with E-state index in [9.17, 15) is 0 Å². The SMILES string of the molecule is C=CCCCCCCCC(COCCC)(COCCC)COCCC. The van der Waals surface area contributed by atoms with Gasteiger partial charge in [0.25, 0.3) is 0 Å². The maximum absolute atomic E-state index is 5.95. The van der Waals surface area contributed by atoms with Gasteiger partial charge in [-0.25, -0.2) is 0 Å². The third kappa shape index (κ3) is 14.5. The van der Waals surface area contributed by atoms with Crippen LogP contribution in [0.5, 0.6) is 0 Å². The van der Waals surface area contributed by atoms with Crippen molar-refractivity contribution in [3.05, 3.63) is 12.7 Å². The van der Waals surface area contributed by atoms with E-state index in [0.717, 1.165) is 71.7 Å². The molecular weight excluding hydrogens is 312 g/mol. The largest absolute Gasteiger partial charge is 0.381 e. The van der Waals surface area contributed by atoms with Crippen LogP contribution in [-0.2, 0) is 14.2 Å². The topological polar surface area (TPSA) is 27.7 Å². The average Bonchev–Trinajstić information content (AvgIpc) is 2.61. The summed E-state index contributed by atoms with van der Waals surface area (Å²) in [6, 6.07) is 0. The minimum atomic E-state index is 0.0145. The summed E-state index contributed by atoms with van der Waals surface area (Å²) >= 11 is 0. The standard InChI is InChI=1S/C22H44O3/c1-5-9-10-11-12-13-14-15-22(19-23-16-6-2,20-24-17-7-3)21-25-18-8-4/h5H,1,6-21H2,2-4H3. The molecule has 0 amide bonds. The Kier molecular flexibility index (Phi) is 18.1. The molecule has 0 bridgehead atoms. The first-order valence-electron chi connectivity index (χ1n) is 10.6. The summed E-state index contributed by atoms with van der Waals surface area (Å²) in [5.41, 5.74) is 0.0145. The van der Waals surface area contributed by atoms with Crippen LogP contribution in [0.15, 0.2) is 12.7 Å². The molecule has 0 N–H and O–H groups in total. The molecule has 0 aliphatic rings. The highest BCUT2D eigenvalue weighted by atomic mass is 16.5. The van der Waals surface area contributed by atoms with E-state index in [2.05, 4.69) is 27.4 Å². The van der Waals surface area contributed by atoms with Crippen LogP contribution in [0, 0.1) is 5.41 Å². The van der Waals surface area contributed by atoms with E-state index >= 15 is 0 Å². The predicted octanol–water partition coefficient (Wildman–Crippen LogP) is 6.17. The van der Waals surface area contributed by atoms with Gasteiger partial charge in [-0.1, -0.05) is 52.5 Å². The molecule has 0 aliphatic heterocycles. The van der Waals surface area contributed by atoms with Crippen LogP contribution in [-0.4, -0.2) is 39.6 Å². The molecule has 0 fully saturated rings. The minimum Gasteiger partial charge on any atom is -0.381 e. The van der Waals surface area contributed by atoms with E-state index in [0.29, 0.717) is 0 Å². The summed E-state index contributed by atoms with van der Waals surface area (Å²) in [6.07, 6.45) is 13.9. The zero-order valence-electron chi connectivity index (χ0n) is 17.3. The first-order valence-corrected chi connectivity index (χ1v) is 10.6. The molecule has 0 aliphatic carbocycles. The highest BCUT2D eigenvalue weighted by Crippen LogP contribution is 2.28. The molecule has 25 heavy (non-hydrogen) atoms. The maximum Gasteiger partial charge on any atom is 0.0566 e. The number of unbranched alkanes of at least 4 members (excludes halogenated alkanes) is 5. The molecule has 0 saturated heterocycles. The molecule has 0 saturated carbocycles. The average molecular weight is 357 g/mol. The van der Waals surface area contributed by atoms with E-state index in [4.69, 9.17) is 14.2 Å². The zero-order chi connectivity index (χ0) is 18.6. The van der Waals surface area contributed by atoms with Crippen molar-refractivity contribution < 1.29 is 14.2 Å². The monoisotopic (exact) mass is 356 g/mol. The van der Waals surface area contributed by atoms with E-state index in [-0.39, 0.29) is 5.41 Å². The van der Waals surface area contributed by atoms with Gasteiger partial charge in [-0.15, -0.1) is 6.58 Å². The highest BCUT2D eigenvalue weighted by molar-refractivity contribution is 4.79. The van der Waals surface area contributed by atoms with Gasteiger partial charge in [-0.3, -0.25) is 0 Å². The smallest absolute Gasteiger partial charge is 0.0566 e. The van der Waals surface area contributed by atoms with E-state index < -0.39 is 0 Å². The number of rotatable bonds is 20. The van der Waals surface area contributed by atoms with Crippen molar-refractivity contribution in [3.8, 4) is 0 Å². The second-order valence-electron chi connectivity index (χ2n) is 7.25. The molecule has 3 nitrogen and oxygen atoms in total. The minimum absolute atomic E-state index is 0.0145. The Morgan fingerprint density at radius 2 is 1.12 bits per heavy atom. The van der Waals surface area contributed by atoms with Gasteiger partial charge in [0.1, 0.15) is 0 Å². The van der Waals surface area contributed by atoms with Gasteiger partial charge in [-0.05, 0) is 38.5 Å². The first-order chi connectivity index (χ1) is 12.2. The summed E-state index contributed by atoms with van der Waals surface area (Å²) in [4.78, 5) is 0. The lowest BCUT2D eigenvalue weighted by Crippen LogP contribution is -2.38. The van der Waals surface area contributed by atoms with Crippen LogP contribution in [0.2, 0.25) is 0 Å². The Hall–Kier alpha value is -0.380. The van der Waals surface area contributed by atoms with E-state index in [1.165, 1.54) is 32.1 Å². The van der Waals surface area contributed by atoms with Crippen molar-refractivity contribution in [1.82, 2.24) is 0 Å². The zero-order valence-corrected chi connectivity index (χ0v) is 17.3. The Bertz CT molecular complexity index is 252. The quantitative estimate of drug-likeness (QED) is 0.193. The highest BCUT2D eigenvalue weighted by Gasteiger charge is 2.31. The predicted molar refractivity (Wildman–Crippen MR) is 108 cm³/mol. The molecule has 0 aromatic carbocycles. The second-order valence-corrected chi connectivity index (χ2v) is 7.25. The molecule has 0 radical (unpaired) electrons. The van der Waals surface area contributed by atoms with Crippen molar-refractivity contribution in [2.75, 3.05) is 39.6 Å². The Morgan fingerprint density at radius 3 is 1.56 bits per heavy atom. The molecule has 0 heterocycles. The van der Waals surface area contributed by atoms with Gasteiger partial charge >= 0.3 is 0 Å². The van der Waals surface area contributed by atoms with Crippen molar-refractivity contribution in [2.24, 2.45) is 5.41 Å². The molecular formula is C22H44O3. The van der Waals surface area contributed by atoms with Crippen LogP contribution in [0.4, 0.5) is 0 Å². The van der Waals surface area contributed by atoms with E-state index in [1.807, 2.05) is 6.08 Å². The lowest BCUT2D eigenvalue weighted by molar-refractivity contribution is -0.0745. The fourth-order valence-electron chi connectivity index (χ4n) is 2.96. The summed E-state index contributed by atoms with van der Waals surface area (Å²) in [6.45, 7) is 15.0. The number of hydrogen-bond acceptors (Lipinski definition) is 3. The van der Waals surface area contributed by atoms with Crippen LogP contribution in [0.3, 0.4) is 0 Å². The maximum atomic E-state index is 5.95. The summed E-state index contributed by atoms with van der Waals surface area (Å²) in [5.74, 6) is 0. The summed E-state index contributed by atoms with van der Waals surface area (Å²) < 4.78 is 17.8. The third-order valence-corrected chi connectivity index (χ3v) is 4.39. The normalized spacial score (nSPS) is 11.8. The molecule has 0 aromatic rings. The van der Waals surface area contributed by atoms with Crippen molar-refractivity contribution in [1.29, 1.82) is 0 Å². The second kappa shape index (κ2) is 18.4. The van der Waals surface area contributed by atoms with Crippen molar-refractivity contribution >= 4 is 0 Å². The van der Waals surface area contributed by atoms with Crippen LogP contribution in [0.25, 0.3) is 0 Å². The van der Waals surface area contributed by atoms with Crippen LogP contribution in [0.1, 0.15) is 85.0 Å². The van der Waals surface area contributed by atoms with Crippen molar-refractivity contribution in [2.45, 2.75) is 85.0 Å². The Labute approximate surface area is 157 Å². The Morgan fingerprint density at radius 1 is 0.680 bits per heavy atom.